The molecule has 0 spiro atoms. The van der Waals surface area contributed by atoms with Crippen LogP contribution in [-0.2, 0) is 21.7 Å². The molecule has 1 saturated heterocycles. The van der Waals surface area contributed by atoms with Crippen molar-refractivity contribution in [3.63, 3.8) is 0 Å². The molecular formula is C19H19ClN2O3S. The highest BCUT2D eigenvalue weighted by atomic mass is 35.5. The molecule has 7 heteroatoms. The first-order valence-electron chi connectivity index (χ1n) is 8.54. The van der Waals surface area contributed by atoms with Crippen LogP contribution in [0.25, 0.3) is 21.9 Å². The zero-order valence-corrected chi connectivity index (χ0v) is 15.7. The Balaban J connectivity index is 1.50. The Morgan fingerprint density at radius 3 is 2.62 bits per heavy atom. The van der Waals surface area contributed by atoms with E-state index in [0.29, 0.717) is 23.9 Å². The molecule has 0 radical (unpaired) electrons. The van der Waals surface area contributed by atoms with Gasteiger partial charge in [-0.25, -0.2) is 0 Å². The lowest BCUT2D eigenvalue weighted by atomic mass is 10.1. The third-order valence-corrected chi connectivity index (χ3v) is 6.04. The molecule has 1 aliphatic heterocycles. The summed E-state index contributed by atoms with van der Waals surface area (Å²) in [5.74, 6) is 0.378. The minimum absolute atomic E-state index is 0.0357. The Bertz CT molecular complexity index is 953. The van der Waals surface area contributed by atoms with Crippen LogP contribution in [0.3, 0.4) is 0 Å². The minimum Gasteiger partial charge on any atom is -0.616 e. The first kappa shape index (κ1) is 17.7. The van der Waals surface area contributed by atoms with Gasteiger partial charge >= 0.3 is 0 Å². The van der Waals surface area contributed by atoms with Gasteiger partial charge in [0.15, 0.2) is 5.75 Å². The predicted molar refractivity (Wildman–Crippen MR) is 105 cm³/mol. The van der Waals surface area contributed by atoms with Crippen molar-refractivity contribution < 1.29 is 13.8 Å². The van der Waals surface area contributed by atoms with Crippen molar-refractivity contribution in [1.82, 2.24) is 10.2 Å². The molecule has 0 aliphatic carbocycles. The number of carbonyl (C=O) groups excluding carboxylic acids is 1. The van der Waals surface area contributed by atoms with Crippen molar-refractivity contribution in [2.75, 3.05) is 31.9 Å². The predicted octanol–water partition coefficient (Wildman–Crippen LogP) is 2.92. The number of hydrogen-bond donors (Lipinski definition) is 1. The lowest BCUT2D eigenvalue weighted by Crippen LogP contribution is -2.48. The number of fused-ring (bicyclic) bond motifs is 3. The monoisotopic (exact) mass is 390 g/mol. The van der Waals surface area contributed by atoms with Crippen LogP contribution in [0.1, 0.15) is 5.56 Å². The summed E-state index contributed by atoms with van der Waals surface area (Å²) in [6.45, 7) is 2.96. The molecule has 2 heterocycles. The topological polar surface area (TPSA) is 68.5 Å². The van der Waals surface area contributed by atoms with Gasteiger partial charge in [0.25, 0.3) is 5.91 Å². The number of carbonyl (C=O) groups is 1. The maximum Gasteiger partial charge on any atom is 0.272 e. The molecule has 1 amide bonds. The number of piperazine rings is 1. The van der Waals surface area contributed by atoms with Gasteiger partial charge in [-0.05, 0) is 41.5 Å². The number of benzene rings is 2. The lowest BCUT2D eigenvalue weighted by molar-refractivity contribution is -0.128. The van der Waals surface area contributed by atoms with Gasteiger partial charge in [0, 0.05) is 47.5 Å². The molecule has 1 fully saturated rings. The largest absolute Gasteiger partial charge is 0.616 e. The van der Waals surface area contributed by atoms with Gasteiger partial charge in [-0.15, -0.1) is 0 Å². The molecule has 0 saturated carbocycles. The first-order valence-corrected chi connectivity index (χ1v) is 10.4. The molecule has 1 unspecified atom stereocenters. The molecule has 26 heavy (non-hydrogen) atoms. The van der Waals surface area contributed by atoms with E-state index in [1.807, 2.05) is 30.3 Å². The fourth-order valence-corrected chi connectivity index (χ4v) is 4.55. The number of furan rings is 1. The van der Waals surface area contributed by atoms with Crippen molar-refractivity contribution in [1.29, 1.82) is 0 Å². The number of rotatable bonds is 4. The second kappa shape index (κ2) is 7.48. The van der Waals surface area contributed by atoms with Crippen LogP contribution in [0.5, 0.6) is 0 Å². The van der Waals surface area contributed by atoms with Crippen molar-refractivity contribution in [3.05, 3.63) is 47.0 Å². The normalized spacial score (nSPS) is 16.3. The van der Waals surface area contributed by atoms with Crippen LogP contribution in [0, 0.1) is 0 Å². The van der Waals surface area contributed by atoms with Gasteiger partial charge in [-0.3, -0.25) is 4.79 Å². The first-order chi connectivity index (χ1) is 12.6. The minimum atomic E-state index is -1.24. The second-order valence-electron chi connectivity index (χ2n) is 6.43. The summed E-state index contributed by atoms with van der Waals surface area (Å²) in [7, 11) is 0. The molecule has 136 valence electrons. The van der Waals surface area contributed by atoms with E-state index in [1.54, 1.807) is 11.0 Å². The molecule has 1 N–H and O–H groups in total. The highest BCUT2D eigenvalue weighted by molar-refractivity contribution is 7.91. The molecule has 5 nitrogen and oxygen atoms in total. The van der Waals surface area contributed by atoms with E-state index in [4.69, 9.17) is 16.0 Å². The molecule has 1 atom stereocenters. The zero-order valence-electron chi connectivity index (χ0n) is 14.2. The van der Waals surface area contributed by atoms with E-state index < -0.39 is 11.2 Å². The number of halogens is 1. The third-order valence-electron chi connectivity index (χ3n) is 4.58. The van der Waals surface area contributed by atoms with Gasteiger partial charge < -0.3 is 19.2 Å². The van der Waals surface area contributed by atoms with Gasteiger partial charge in [-0.1, -0.05) is 17.7 Å². The lowest BCUT2D eigenvalue weighted by Gasteiger charge is -2.27. The Morgan fingerprint density at radius 2 is 1.85 bits per heavy atom. The Kier molecular flexibility index (Phi) is 5.09. The fourth-order valence-electron chi connectivity index (χ4n) is 3.27. The summed E-state index contributed by atoms with van der Waals surface area (Å²) >= 11 is 4.85. The number of hydrogen-bond acceptors (Lipinski definition) is 4. The average Bonchev–Trinajstić information content (AvgIpc) is 2.99. The number of nitrogens with zero attached hydrogens (tertiary/aromatic N) is 1. The van der Waals surface area contributed by atoms with Crippen LogP contribution >= 0.6 is 11.6 Å². The molecule has 2 aromatic carbocycles. The zero-order chi connectivity index (χ0) is 18.1. The van der Waals surface area contributed by atoms with E-state index >= 15 is 0 Å². The standard InChI is InChI=1S/C19H19ClN2O3S/c20-14-2-4-18-16(10-14)15-9-13(1-3-17(15)25-18)11-26(24)12-19(23)22-7-5-21-6-8-22/h1-4,9-10,21H,5-8,11-12H2. The second-order valence-corrected chi connectivity index (χ2v) is 8.33. The molecule has 3 aromatic rings. The van der Waals surface area contributed by atoms with Crippen LogP contribution in [-0.4, -0.2) is 47.3 Å². The number of amides is 1. The Morgan fingerprint density at radius 1 is 1.15 bits per heavy atom. The quantitative estimate of drug-likeness (QED) is 0.695. The summed E-state index contributed by atoms with van der Waals surface area (Å²) in [5, 5.41) is 5.75. The maximum absolute atomic E-state index is 12.5. The van der Waals surface area contributed by atoms with Gasteiger partial charge in [0.05, 0.1) is 0 Å². The number of nitrogens with one attached hydrogen (secondary N) is 1. The van der Waals surface area contributed by atoms with Crippen LogP contribution in [0.4, 0.5) is 0 Å². The van der Waals surface area contributed by atoms with E-state index in [9.17, 15) is 9.35 Å². The molecule has 4 rings (SSSR count). The maximum atomic E-state index is 12.5. The van der Waals surface area contributed by atoms with E-state index in [2.05, 4.69) is 5.32 Å². The van der Waals surface area contributed by atoms with Crippen LogP contribution in [0.15, 0.2) is 40.8 Å². The Hall–Kier alpha value is -1.73. The molecule has 1 aliphatic rings. The van der Waals surface area contributed by atoms with E-state index in [-0.39, 0.29) is 11.7 Å². The van der Waals surface area contributed by atoms with Crippen molar-refractivity contribution >= 4 is 50.6 Å². The Labute approximate surface area is 159 Å². The van der Waals surface area contributed by atoms with E-state index in [1.165, 1.54) is 0 Å². The summed E-state index contributed by atoms with van der Waals surface area (Å²) in [4.78, 5) is 14.0. The van der Waals surface area contributed by atoms with Crippen molar-refractivity contribution in [2.24, 2.45) is 0 Å². The van der Waals surface area contributed by atoms with Crippen molar-refractivity contribution in [2.45, 2.75) is 5.75 Å². The highest BCUT2D eigenvalue weighted by Gasteiger charge is 2.22. The van der Waals surface area contributed by atoms with Gasteiger partial charge in [0.2, 0.25) is 0 Å². The molecular weight excluding hydrogens is 372 g/mol. The van der Waals surface area contributed by atoms with Crippen molar-refractivity contribution in [3.8, 4) is 0 Å². The van der Waals surface area contributed by atoms with Gasteiger partial charge in [0.1, 0.15) is 16.9 Å². The SMILES string of the molecule is O=C(C[S+]([O-])Cc1ccc2oc3ccc(Cl)cc3c2c1)N1CCNCC1. The van der Waals surface area contributed by atoms with Gasteiger partial charge in [-0.2, -0.15) is 0 Å². The third kappa shape index (κ3) is 3.69. The summed E-state index contributed by atoms with van der Waals surface area (Å²) in [6.07, 6.45) is 0. The van der Waals surface area contributed by atoms with E-state index in [0.717, 1.165) is 40.6 Å². The summed E-state index contributed by atoms with van der Waals surface area (Å²) < 4.78 is 18.3. The summed E-state index contributed by atoms with van der Waals surface area (Å²) in [5.41, 5.74) is 2.47. The smallest absolute Gasteiger partial charge is 0.272 e. The molecule has 1 aromatic heterocycles. The van der Waals surface area contributed by atoms with Crippen LogP contribution in [0.2, 0.25) is 5.02 Å². The summed E-state index contributed by atoms with van der Waals surface area (Å²) in [6, 6.07) is 11.3. The fraction of sp³-hybridized carbons (Fsp3) is 0.316. The highest BCUT2D eigenvalue weighted by Crippen LogP contribution is 2.31. The average molecular weight is 391 g/mol. The van der Waals surface area contributed by atoms with Crippen LogP contribution < -0.4 is 5.32 Å². The molecule has 0 bridgehead atoms.